The van der Waals surface area contributed by atoms with Crippen LogP contribution in [0.3, 0.4) is 0 Å². The number of piperazine rings is 1. The van der Waals surface area contributed by atoms with Gasteiger partial charge in [0.1, 0.15) is 0 Å². The summed E-state index contributed by atoms with van der Waals surface area (Å²) in [6, 6.07) is 8.06. The molecule has 2 heteroatoms. The first-order valence-corrected chi connectivity index (χ1v) is 7.67. The summed E-state index contributed by atoms with van der Waals surface area (Å²) in [7, 11) is 0. The lowest BCUT2D eigenvalue weighted by atomic mass is 9.99. The zero-order chi connectivity index (χ0) is 13.4. The minimum absolute atomic E-state index is 0.624. The predicted molar refractivity (Wildman–Crippen MR) is 80.3 cm³/mol. The van der Waals surface area contributed by atoms with Gasteiger partial charge >= 0.3 is 0 Å². The van der Waals surface area contributed by atoms with Gasteiger partial charge in [0.25, 0.3) is 0 Å². The molecule has 1 aliphatic heterocycles. The minimum Gasteiger partial charge on any atom is -0.311 e. The second kappa shape index (κ2) is 5.26. The molecule has 1 aromatic rings. The van der Waals surface area contributed by atoms with Gasteiger partial charge in [-0.25, -0.2) is 0 Å². The highest BCUT2D eigenvalue weighted by atomic mass is 15.2. The first-order chi connectivity index (χ1) is 9.15. The molecule has 104 valence electrons. The monoisotopic (exact) mass is 258 g/mol. The highest BCUT2D eigenvalue weighted by Crippen LogP contribution is 2.37. The van der Waals surface area contributed by atoms with Crippen molar-refractivity contribution in [1.82, 2.24) is 10.2 Å². The van der Waals surface area contributed by atoms with Crippen LogP contribution in [0.4, 0.5) is 0 Å². The molecule has 0 amide bonds. The molecule has 1 aromatic carbocycles. The van der Waals surface area contributed by atoms with Crippen molar-refractivity contribution in [2.24, 2.45) is 5.92 Å². The number of nitrogens with zero attached hydrogens (tertiary/aromatic N) is 1. The molecule has 1 N–H and O–H groups in total. The molecule has 0 spiro atoms. The van der Waals surface area contributed by atoms with Gasteiger partial charge in [0.05, 0.1) is 0 Å². The standard InChI is InChI=1S/C17H26N2/c1-12-5-4-6-13(2)16(12)11-19-10-14(3)18-9-17(19)15-7-8-15/h4-6,14-15,17-18H,7-11H2,1-3H3. The summed E-state index contributed by atoms with van der Waals surface area (Å²) in [5.41, 5.74) is 4.43. The summed E-state index contributed by atoms with van der Waals surface area (Å²) in [6.07, 6.45) is 2.87. The molecule has 2 nitrogen and oxygen atoms in total. The SMILES string of the molecule is Cc1cccc(C)c1CN1CC(C)NCC1C1CC1. The second-order valence-corrected chi connectivity index (χ2v) is 6.51. The fourth-order valence-electron chi connectivity index (χ4n) is 3.43. The fraction of sp³-hybridized carbons (Fsp3) is 0.647. The van der Waals surface area contributed by atoms with Crippen molar-refractivity contribution < 1.29 is 0 Å². The predicted octanol–water partition coefficient (Wildman–Crippen LogP) is 2.88. The summed E-state index contributed by atoms with van der Waals surface area (Å²) in [6.45, 7) is 10.3. The number of aryl methyl sites for hydroxylation is 2. The molecular weight excluding hydrogens is 232 g/mol. The Hall–Kier alpha value is -0.860. The van der Waals surface area contributed by atoms with Crippen LogP contribution < -0.4 is 5.32 Å². The van der Waals surface area contributed by atoms with Crippen LogP contribution in [0.25, 0.3) is 0 Å². The molecule has 19 heavy (non-hydrogen) atoms. The average molecular weight is 258 g/mol. The Bertz CT molecular complexity index is 430. The van der Waals surface area contributed by atoms with E-state index in [1.807, 2.05) is 0 Å². The van der Waals surface area contributed by atoms with Gasteiger partial charge in [-0.3, -0.25) is 4.90 Å². The molecular formula is C17H26N2. The van der Waals surface area contributed by atoms with Crippen LogP contribution in [0.15, 0.2) is 18.2 Å². The van der Waals surface area contributed by atoms with Crippen LogP contribution in [0.1, 0.15) is 36.5 Å². The van der Waals surface area contributed by atoms with Crippen LogP contribution in [0, 0.1) is 19.8 Å². The lowest BCUT2D eigenvalue weighted by Crippen LogP contribution is -2.55. The summed E-state index contributed by atoms with van der Waals surface area (Å²) in [5.74, 6) is 0.948. The third kappa shape index (κ3) is 2.85. The van der Waals surface area contributed by atoms with Crippen molar-refractivity contribution in [2.75, 3.05) is 13.1 Å². The molecule has 2 unspecified atom stereocenters. The molecule has 0 bridgehead atoms. The molecule has 1 aliphatic carbocycles. The van der Waals surface area contributed by atoms with E-state index in [2.05, 4.69) is 49.2 Å². The largest absolute Gasteiger partial charge is 0.311 e. The zero-order valence-corrected chi connectivity index (χ0v) is 12.4. The van der Waals surface area contributed by atoms with Crippen molar-refractivity contribution in [3.63, 3.8) is 0 Å². The van der Waals surface area contributed by atoms with Crippen molar-refractivity contribution >= 4 is 0 Å². The van der Waals surface area contributed by atoms with E-state index in [1.165, 1.54) is 37.1 Å². The fourth-order valence-corrected chi connectivity index (χ4v) is 3.43. The number of benzene rings is 1. The molecule has 1 heterocycles. The number of hydrogen-bond donors (Lipinski definition) is 1. The molecule has 0 radical (unpaired) electrons. The van der Waals surface area contributed by atoms with E-state index < -0.39 is 0 Å². The zero-order valence-electron chi connectivity index (χ0n) is 12.4. The van der Waals surface area contributed by atoms with Gasteiger partial charge in [-0.05, 0) is 56.2 Å². The van der Waals surface area contributed by atoms with Gasteiger partial charge < -0.3 is 5.32 Å². The Morgan fingerprint density at radius 2 is 1.89 bits per heavy atom. The van der Waals surface area contributed by atoms with E-state index in [1.54, 1.807) is 5.56 Å². The van der Waals surface area contributed by atoms with Gasteiger partial charge in [0.15, 0.2) is 0 Å². The van der Waals surface area contributed by atoms with Gasteiger partial charge in [-0.15, -0.1) is 0 Å². The van der Waals surface area contributed by atoms with Crippen molar-refractivity contribution in [3.05, 3.63) is 34.9 Å². The van der Waals surface area contributed by atoms with Crippen LogP contribution in [0.2, 0.25) is 0 Å². The summed E-state index contributed by atoms with van der Waals surface area (Å²) >= 11 is 0. The average Bonchev–Trinajstić information content (AvgIpc) is 3.18. The maximum absolute atomic E-state index is 3.66. The molecule has 3 rings (SSSR count). The van der Waals surface area contributed by atoms with Gasteiger partial charge in [-0.2, -0.15) is 0 Å². The van der Waals surface area contributed by atoms with Gasteiger partial charge in [0, 0.05) is 31.7 Å². The third-order valence-electron chi connectivity index (χ3n) is 4.82. The Labute approximate surface area is 117 Å². The Morgan fingerprint density at radius 3 is 2.53 bits per heavy atom. The van der Waals surface area contributed by atoms with Crippen LogP contribution in [-0.4, -0.2) is 30.1 Å². The third-order valence-corrected chi connectivity index (χ3v) is 4.82. The van der Waals surface area contributed by atoms with Crippen LogP contribution >= 0.6 is 0 Å². The van der Waals surface area contributed by atoms with E-state index in [0.717, 1.165) is 18.5 Å². The maximum Gasteiger partial charge on any atom is 0.0253 e. The Kier molecular flexibility index (Phi) is 3.64. The number of nitrogens with one attached hydrogen (secondary N) is 1. The van der Waals surface area contributed by atoms with Gasteiger partial charge in [0.2, 0.25) is 0 Å². The number of rotatable bonds is 3. The second-order valence-electron chi connectivity index (χ2n) is 6.51. The van der Waals surface area contributed by atoms with Crippen molar-refractivity contribution in [3.8, 4) is 0 Å². The van der Waals surface area contributed by atoms with E-state index in [4.69, 9.17) is 0 Å². The lowest BCUT2D eigenvalue weighted by molar-refractivity contribution is 0.112. The molecule has 2 fully saturated rings. The van der Waals surface area contributed by atoms with Crippen LogP contribution in [0.5, 0.6) is 0 Å². The highest BCUT2D eigenvalue weighted by molar-refractivity contribution is 5.33. The Morgan fingerprint density at radius 1 is 1.21 bits per heavy atom. The number of hydrogen-bond acceptors (Lipinski definition) is 2. The molecule has 2 aliphatic rings. The van der Waals surface area contributed by atoms with Crippen molar-refractivity contribution in [1.29, 1.82) is 0 Å². The molecule has 2 atom stereocenters. The minimum atomic E-state index is 0.624. The molecule has 1 saturated carbocycles. The normalized spacial score (nSPS) is 28.6. The molecule has 1 saturated heterocycles. The Balaban J connectivity index is 1.79. The quantitative estimate of drug-likeness (QED) is 0.897. The van der Waals surface area contributed by atoms with E-state index >= 15 is 0 Å². The summed E-state index contributed by atoms with van der Waals surface area (Å²) < 4.78 is 0. The highest BCUT2D eigenvalue weighted by Gasteiger charge is 2.37. The van der Waals surface area contributed by atoms with E-state index in [0.29, 0.717) is 6.04 Å². The topological polar surface area (TPSA) is 15.3 Å². The van der Waals surface area contributed by atoms with E-state index in [9.17, 15) is 0 Å². The van der Waals surface area contributed by atoms with E-state index in [-0.39, 0.29) is 0 Å². The first-order valence-electron chi connectivity index (χ1n) is 7.67. The summed E-state index contributed by atoms with van der Waals surface area (Å²) in [4.78, 5) is 2.73. The summed E-state index contributed by atoms with van der Waals surface area (Å²) in [5, 5.41) is 3.66. The maximum atomic E-state index is 3.66. The first kappa shape index (κ1) is 13.1. The van der Waals surface area contributed by atoms with Crippen molar-refractivity contribution in [2.45, 2.75) is 52.2 Å². The molecule has 0 aromatic heterocycles. The smallest absolute Gasteiger partial charge is 0.0253 e. The lowest BCUT2D eigenvalue weighted by Gasteiger charge is -2.40. The van der Waals surface area contributed by atoms with Crippen LogP contribution in [-0.2, 0) is 6.54 Å². The van der Waals surface area contributed by atoms with Gasteiger partial charge in [-0.1, -0.05) is 18.2 Å².